The van der Waals surface area contributed by atoms with Crippen LogP contribution in [0.4, 0.5) is 10.5 Å². The molecule has 3 rings (SSSR count). The number of pyridine rings is 1. The number of anilines is 1. The summed E-state index contributed by atoms with van der Waals surface area (Å²) in [6.45, 7) is 0. The molecule has 0 saturated carbocycles. The number of para-hydroxylation sites is 2. The Morgan fingerprint density at radius 1 is 0.920 bits per heavy atom. The molecule has 0 aliphatic heterocycles. The van der Waals surface area contributed by atoms with Gasteiger partial charge in [-0.1, -0.05) is 42.5 Å². The molecule has 2 amide bonds. The van der Waals surface area contributed by atoms with Crippen molar-refractivity contribution in [3.8, 4) is 5.75 Å². The summed E-state index contributed by atoms with van der Waals surface area (Å²) in [5, 5.41) is 5.86. The lowest BCUT2D eigenvalue weighted by molar-refractivity contribution is 0.250. The quantitative estimate of drug-likeness (QED) is 0.742. The number of methoxy groups -OCH3 is 1. The summed E-state index contributed by atoms with van der Waals surface area (Å²) in [4.78, 5) is 16.6. The zero-order valence-electron chi connectivity index (χ0n) is 13.8. The Balaban J connectivity index is 1.82. The van der Waals surface area contributed by atoms with Gasteiger partial charge in [0.1, 0.15) is 5.75 Å². The number of carbonyl (C=O) groups is 1. The number of hydrogen-bond donors (Lipinski definition) is 2. The van der Waals surface area contributed by atoms with Crippen molar-refractivity contribution in [2.45, 2.75) is 6.04 Å². The van der Waals surface area contributed by atoms with Gasteiger partial charge < -0.3 is 15.4 Å². The van der Waals surface area contributed by atoms with Gasteiger partial charge in [-0.3, -0.25) is 4.98 Å². The Hall–Kier alpha value is -3.34. The highest BCUT2D eigenvalue weighted by atomic mass is 16.5. The Morgan fingerprint density at radius 3 is 2.28 bits per heavy atom. The molecule has 0 fully saturated rings. The van der Waals surface area contributed by atoms with Crippen molar-refractivity contribution >= 4 is 11.7 Å². The van der Waals surface area contributed by atoms with Gasteiger partial charge in [-0.05, 0) is 35.4 Å². The molecule has 3 aromatic rings. The van der Waals surface area contributed by atoms with Crippen LogP contribution in [0.1, 0.15) is 17.2 Å². The van der Waals surface area contributed by atoms with E-state index in [9.17, 15) is 4.79 Å². The minimum Gasteiger partial charge on any atom is -0.495 e. The van der Waals surface area contributed by atoms with E-state index in [0.29, 0.717) is 11.4 Å². The summed E-state index contributed by atoms with van der Waals surface area (Å²) in [5.41, 5.74) is 2.56. The van der Waals surface area contributed by atoms with E-state index < -0.39 is 0 Å². The monoisotopic (exact) mass is 333 g/mol. The van der Waals surface area contributed by atoms with E-state index in [1.54, 1.807) is 31.6 Å². The van der Waals surface area contributed by atoms with E-state index in [0.717, 1.165) is 11.1 Å². The van der Waals surface area contributed by atoms with Crippen LogP contribution in [0, 0.1) is 0 Å². The molecule has 126 valence electrons. The molecule has 5 heteroatoms. The van der Waals surface area contributed by atoms with Crippen molar-refractivity contribution in [2.24, 2.45) is 0 Å². The van der Waals surface area contributed by atoms with Gasteiger partial charge in [-0.25, -0.2) is 4.79 Å². The molecule has 2 aromatic carbocycles. The van der Waals surface area contributed by atoms with Gasteiger partial charge in [0.05, 0.1) is 18.8 Å². The van der Waals surface area contributed by atoms with Gasteiger partial charge in [0, 0.05) is 12.4 Å². The van der Waals surface area contributed by atoms with Crippen LogP contribution in [0.5, 0.6) is 5.75 Å². The van der Waals surface area contributed by atoms with Crippen molar-refractivity contribution in [3.05, 3.63) is 90.3 Å². The molecule has 0 aliphatic rings. The van der Waals surface area contributed by atoms with E-state index in [2.05, 4.69) is 15.6 Å². The van der Waals surface area contributed by atoms with Gasteiger partial charge >= 0.3 is 6.03 Å². The molecular formula is C20H19N3O2. The first-order chi connectivity index (χ1) is 12.3. The fraction of sp³-hybridized carbons (Fsp3) is 0.100. The number of hydrogen-bond acceptors (Lipinski definition) is 3. The average molecular weight is 333 g/mol. The number of nitrogens with zero attached hydrogens (tertiary/aromatic N) is 1. The van der Waals surface area contributed by atoms with Crippen molar-refractivity contribution < 1.29 is 9.53 Å². The van der Waals surface area contributed by atoms with Crippen molar-refractivity contribution in [3.63, 3.8) is 0 Å². The van der Waals surface area contributed by atoms with Crippen LogP contribution in [0.25, 0.3) is 0 Å². The van der Waals surface area contributed by atoms with Crippen LogP contribution in [0.2, 0.25) is 0 Å². The predicted octanol–water partition coefficient (Wildman–Crippen LogP) is 4.00. The highest BCUT2D eigenvalue weighted by molar-refractivity contribution is 5.91. The molecule has 0 aliphatic carbocycles. The Morgan fingerprint density at radius 2 is 1.56 bits per heavy atom. The van der Waals surface area contributed by atoms with Crippen LogP contribution >= 0.6 is 0 Å². The third-order valence-corrected chi connectivity index (χ3v) is 3.80. The first-order valence-corrected chi connectivity index (χ1v) is 7.93. The largest absolute Gasteiger partial charge is 0.495 e. The maximum Gasteiger partial charge on any atom is 0.320 e. The molecule has 1 atom stereocenters. The van der Waals surface area contributed by atoms with Crippen LogP contribution in [0.15, 0.2) is 79.1 Å². The van der Waals surface area contributed by atoms with Crippen LogP contribution < -0.4 is 15.4 Å². The Bertz CT molecular complexity index is 783. The Kier molecular flexibility index (Phi) is 5.26. The van der Waals surface area contributed by atoms with Gasteiger partial charge in [0.15, 0.2) is 0 Å². The zero-order chi connectivity index (χ0) is 17.5. The average Bonchev–Trinajstić information content (AvgIpc) is 2.68. The van der Waals surface area contributed by atoms with Crippen LogP contribution in [-0.4, -0.2) is 18.1 Å². The number of amides is 2. The molecule has 5 nitrogen and oxygen atoms in total. The minimum absolute atomic E-state index is 0.279. The normalized spacial score (nSPS) is 11.4. The fourth-order valence-electron chi connectivity index (χ4n) is 2.60. The molecule has 0 spiro atoms. The van der Waals surface area contributed by atoms with E-state index in [4.69, 9.17) is 4.74 Å². The predicted molar refractivity (Wildman–Crippen MR) is 97.7 cm³/mol. The van der Waals surface area contributed by atoms with E-state index in [1.807, 2.05) is 54.6 Å². The van der Waals surface area contributed by atoms with Crippen molar-refractivity contribution in [1.29, 1.82) is 0 Å². The summed E-state index contributed by atoms with van der Waals surface area (Å²) in [6.07, 6.45) is 3.43. The minimum atomic E-state index is -0.310. The smallest absolute Gasteiger partial charge is 0.320 e. The number of nitrogens with one attached hydrogen (secondary N) is 2. The summed E-state index contributed by atoms with van der Waals surface area (Å²) < 4.78 is 5.27. The molecule has 0 unspecified atom stereocenters. The summed E-state index contributed by atoms with van der Waals surface area (Å²) >= 11 is 0. The molecule has 0 saturated heterocycles. The lowest BCUT2D eigenvalue weighted by atomic mass is 10.00. The number of rotatable bonds is 5. The van der Waals surface area contributed by atoms with Gasteiger partial charge in [-0.2, -0.15) is 0 Å². The summed E-state index contributed by atoms with van der Waals surface area (Å²) in [6, 6.07) is 20.3. The standard InChI is InChI=1S/C20H19N3O2/c1-25-18-10-6-5-9-17(18)22-20(24)23-19(15-7-3-2-4-8-15)16-11-13-21-14-12-16/h2-14,19H,1H3,(H2,22,23,24)/t19-/m1/s1. The molecule has 1 aromatic heterocycles. The van der Waals surface area contributed by atoms with Crippen LogP contribution in [0.3, 0.4) is 0 Å². The fourth-order valence-corrected chi connectivity index (χ4v) is 2.60. The second-order valence-corrected chi connectivity index (χ2v) is 5.42. The second-order valence-electron chi connectivity index (χ2n) is 5.42. The lowest BCUT2D eigenvalue weighted by Crippen LogP contribution is -2.33. The third-order valence-electron chi connectivity index (χ3n) is 3.80. The van der Waals surface area contributed by atoms with Crippen LogP contribution in [-0.2, 0) is 0 Å². The van der Waals surface area contributed by atoms with E-state index in [1.165, 1.54) is 0 Å². The topological polar surface area (TPSA) is 63.2 Å². The zero-order valence-corrected chi connectivity index (χ0v) is 13.8. The van der Waals surface area contributed by atoms with Gasteiger partial charge in [0.25, 0.3) is 0 Å². The number of carbonyl (C=O) groups excluding carboxylic acids is 1. The van der Waals surface area contributed by atoms with Crippen molar-refractivity contribution in [2.75, 3.05) is 12.4 Å². The van der Waals surface area contributed by atoms with E-state index in [-0.39, 0.29) is 12.1 Å². The lowest BCUT2D eigenvalue weighted by Gasteiger charge is -2.20. The summed E-state index contributed by atoms with van der Waals surface area (Å²) in [5.74, 6) is 0.609. The van der Waals surface area contributed by atoms with Gasteiger partial charge in [-0.15, -0.1) is 0 Å². The molecule has 2 N–H and O–H groups in total. The number of benzene rings is 2. The second kappa shape index (κ2) is 7.97. The number of urea groups is 1. The highest BCUT2D eigenvalue weighted by Gasteiger charge is 2.17. The first-order valence-electron chi connectivity index (χ1n) is 7.93. The molecule has 25 heavy (non-hydrogen) atoms. The third kappa shape index (κ3) is 4.14. The van der Waals surface area contributed by atoms with E-state index >= 15 is 0 Å². The highest BCUT2D eigenvalue weighted by Crippen LogP contribution is 2.24. The maximum absolute atomic E-state index is 12.5. The molecule has 0 radical (unpaired) electrons. The molecular weight excluding hydrogens is 314 g/mol. The maximum atomic E-state index is 12.5. The van der Waals surface area contributed by atoms with Gasteiger partial charge in [0.2, 0.25) is 0 Å². The molecule has 1 heterocycles. The summed E-state index contributed by atoms with van der Waals surface area (Å²) in [7, 11) is 1.57. The number of ether oxygens (including phenoxy) is 1. The Labute approximate surface area is 146 Å². The first kappa shape index (κ1) is 16.5. The SMILES string of the molecule is COc1ccccc1NC(=O)N[C@H](c1ccccc1)c1ccncc1. The molecule has 0 bridgehead atoms. The van der Waals surface area contributed by atoms with Crippen molar-refractivity contribution in [1.82, 2.24) is 10.3 Å². The number of aromatic nitrogens is 1.